The van der Waals surface area contributed by atoms with E-state index in [1.54, 1.807) is 6.20 Å². The second-order valence-electron chi connectivity index (χ2n) is 8.19. The molecule has 9 heteroatoms. The molecule has 3 aromatic heterocycles. The predicted octanol–water partition coefficient (Wildman–Crippen LogP) is 3.74. The summed E-state index contributed by atoms with van der Waals surface area (Å²) in [6.45, 7) is 5.83. The van der Waals surface area contributed by atoms with E-state index in [4.69, 9.17) is 4.74 Å². The fourth-order valence-electron chi connectivity index (χ4n) is 4.49. The van der Waals surface area contributed by atoms with Crippen LogP contribution in [0, 0.1) is 6.92 Å². The highest BCUT2D eigenvalue weighted by Gasteiger charge is 2.36. The molecule has 0 aromatic carbocycles. The maximum absolute atomic E-state index is 15.0. The molecule has 1 aliphatic carbocycles. The van der Waals surface area contributed by atoms with Gasteiger partial charge in [0.2, 0.25) is 11.8 Å². The Morgan fingerprint density at radius 2 is 2.17 bits per heavy atom. The largest absolute Gasteiger partial charge is 0.477 e. The van der Waals surface area contributed by atoms with Crippen LogP contribution in [-0.2, 0) is 0 Å². The van der Waals surface area contributed by atoms with Gasteiger partial charge in [0.05, 0.1) is 35.6 Å². The van der Waals surface area contributed by atoms with E-state index in [2.05, 4.69) is 30.3 Å². The van der Waals surface area contributed by atoms with E-state index >= 15 is 4.39 Å². The number of alkyl halides is 1. The summed E-state index contributed by atoms with van der Waals surface area (Å²) in [6.07, 6.45) is 7.09. The molecule has 0 amide bonds. The highest BCUT2D eigenvalue weighted by atomic mass is 19.1. The molecule has 2 unspecified atom stereocenters. The van der Waals surface area contributed by atoms with Crippen molar-refractivity contribution in [1.29, 1.82) is 0 Å². The van der Waals surface area contributed by atoms with Crippen LogP contribution in [0.2, 0.25) is 0 Å². The Kier molecular flexibility index (Phi) is 5.06. The van der Waals surface area contributed by atoms with Gasteiger partial charge in [0.1, 0.15) is 11.8 Å². The quantitative estimate of drug-likeness (QED) is 0.640. The lowest BCUT2D eigenvalue weighted by atomic mass is 9.89. The maximum Gasteiger partial charge on any atom is 0.232 e. The first kappa shape index (κ1) is 19.3. The van der Waals surface area contributed by atoms with Crippen LogP contribution in [0.15, 0.2) is 18.5 Å². The minimum Gasteiger partial charge on any atom is -0.477 e. The number of piperidine rings is 1. The average molecular weight is 414 g/mol. The summed E-state index contributed by atoms with van der Waals surface area (Å²) < 4.78 is 22.5. The van der Waals surface area contributed by atoms with Crippen LogP contribution in [0.1, 0.15) is 44.3 Å². The Morgan fingerprint density at radius 3 is 2.90 bits per heavy atom. The lowest BCUT2D eigenvalue weighted by Crippen LogP contribution is -2.50. The van der Waals surface area contributed by atoms with Gasteiger partial charge >= 0.3 is 0 Å². The minimum atomic E-state index is -0.915. The Bertz CT molecular complexity index is 1030. The first-order chi connectivity index (χ1) is 14.6. The number of likely N-dealkylation sites (tertiary alicyclic amines) is 1. The number of hydrogen-bond acceptors (Lipinski definition) is 6. The van der Waals surface area contributed by atoms with Crippen LogP contribution in [-0.4, -0.2) is 61.5 Å². The summed E-state index contributed by atoms with van der Waals surface area (Å²) in [7, 11) is 0. The van der Waals surface area contributed by atoms with Crippen molar-refractivity contribution in [1.82, 2.24) is 29.6 Å². The SMILES string of the molecule is CCOc1nc(Nc2cnn(C3CCN(C4CCC4)CC3F)c2C)nc2[nH]ccc12. The molecular weight excluding hydrogens is 385 g/mol. The maximum atomic E-state index is 15.0. The third-order valence-corrected chi connectivity index (χ3v) is 6.40. The van der Waals surface area contributed by atoms with Gasteiger partial charge in [-0.1, -0.05) is 6.42 Å². The third-order valence-electron chi connectivity index (χ3n) is 6.40. The van der Waals surface area contributed by atoms with Crippen molar-refractivity contribution in [2.24, 2.45) is 0 Å². The molecule has 160 valence electrons. The zero-order chi connectivity index (χ0) is 20.7. The van der Waals surface area contributed by atoms with Crippen molar-refractivity contribution in [3.8, 4) is 5.88 Å². The minimum absolute atomic E-state index is 0.234. The lowest BCUT2D eigenvalue weighted by Gasteiger charge is -2.43. The number of H-pyrrole nitrogens is 1. The number of nitrogens with one attached hydrogen (secondary N) is 2. The Labute approximate surface area is 174 Å². The fraction of sp³-hybridized carbons (Fsp3) is 0.571. The number of aromatic nitrogens is 5. The van der Waals surface area contributed by atoms with Gasteiger partial charge in [0.15, 0.2) is 0 Å². The van der Waals surface area contributed by atoms with Gasteiger partial charge in [-0.15, -0.1) is 0 Å². The number of rotatable bonds is 6. The first-order valence-corrected chi connectivity index (χ1v) is 10.8. The highest BCUT2D eigenvalue weighted by Crippen LogP contribution is 2.34. The number of aromatic amines is 1. The van der Waals surface area contributed by atoms with E-state index in [0.717, 1.165) is 29.7 Å². The fourth-order valence-corrected chi connectivity index (χ4v) is 4.49. The van der Waals surface area contributed by atoms with Crippen LogP contribution in [0.4, 0.5) is 16.0 Å². The molecule has 2 atom stereocenters. The molecule has 2 aliphatic rings. The van der Waals surface area contributed by atoms with Crippen LogP contribution < -0.4 is 10.1 Å². The third kappa shape index (κ3) is 3.40. The molecule has 1 saturated carbocycles. The average Bonchev–Trinajstić information content (AvgIpc) is 3.29. The number of nitrogens with zero attached hydrogens (tertiary/aromatic N) is 5. The lowest BCUT2D eigenvalue weighted by molar-refractivity contribution is 0.0296. The standard InChI is InChI=1S/C21H28FN7O/c1-3-30-20-15-7-9-23-19(15)26-21(27-20)25-17-11-24-29(13(17)2)18-8-10-28(12-16(18)22)14-5-4-6-14/h7,9,11,14,16,18H,3-6,8,10,12H2,1-2H3,(H2,23,25,26,27). The Morgan fingerprint density at radius 1 is 1.30 bits per heavy atom. The monoisotopic (exact) mass is 413 g/mol. The van der Waals surface area contributed by atoms with Gasteiger partial charge in [0, 0.05) is 25.3 Å². The molecule has 5 rings (SSSR count). The van der Waals surface area contributed by atoms with Crippen molar-refractivity contribution >= 4 is 22.7 Å². The number of halogens is 1. The molecule has 1 aliphatic heterocycles. The summed E-state index contributed by atoms with van der Waals surface area (Å²) in [4.78, 5) is 14.4. The molecule has 8 nitrogen and oxygen atoms in total. The van der Waals surface area contributed by atoms with Crippen LogP contribution in [0.5, 0.6) is 5.88 Å². The molecule has 0 bridgehead atoms. The van der Waals surface area contributed by atoms with Crippen molar-refractivity contribution in [2.45, 2.75) is 57.8 Å². The Balaban J connectivity index is 1.34. The summed E-state index contributed by atoms with van der Waals surface area (Å²) in [5.74, 6) is 0.955. The Hall–Kier alpha value is -2.68. The smallest absolute Gasteiger partial charge is 0.232 e. The molecule has 30 heavy (non-hydrogen) atoms. The normalized spacial score (nSPS) is 22.9. The summed E-state index contributed by atoms with van der Waals surface area (Å²) >= 11 is 0. The second-order valence-corrected chi connectivity index (χ2v) is 8.19. The molecule has 2 N–H and O–H groups in total. The van der Waals surface area contributed by atoms with E-state index < -0.39 is 6.17 Å². The topological polar surface area (TPSA) is 83.9 Å². The molecule has 1 saturated heterocycles. The summed E-state index contributed by atoms with van der Waals surface area (Å²) in [6, 6.07) is 2.24. The number of ether oxygens (including phenoxy) is 1. The molecule has 2 fully saturated rings. The van der Waals surface area contributed by atoms with Crippen LogP contribution >= 0.6 is 0 Å². The van der Waals surface area contributed by atoms with Crippen molar-refractivity contribution in [2.75, 3.05) is 25.0 Å². The number of anilines is 2. The number of fused-ring (bicyclic) bond motifs is 1. The summed E-state index contributed by atoms with van der Waals surface area (Å²) in [5, 5.41) is 8.58. The number of hydrogen-bond donors (Lipinski definition) is 2. The highest BCUT2D eigenvalue weighted by molar-refractivity contribution is 5.82. The first-order valence-electron chi connectivity index (χ1n) is 10.8. The van der Waals surface area contributed by atoms with E-state index in [-0.39, 0.29) is 6.04 Å². The van der Waals surface area contributed by atoms with Crippen molar-refractivity contribution < 1.29 is 9.13 Å². The van der Waals surface area contributed by atoms with Gasteiger partial charge in [0.25, 0.3) is 0 Å². The molecule has 4 heterocycles. The van der Waals surface area contributed by atoms with Crippen LogP contribution in [0.3, 0.4) is 0 Å². The summed E-state index contributed by atoms with van der Waals surface area (Å²) in [5.41, 5.74) is 2.36. The van der Waals surface area contributed by atoms with Crippen molar-refractivity contribution in [3.05, 3.63) is 24.2 Å². The molecule has 3 aromatic rings. The molecule has 0 spiro atoms. The van der Waals surface area contributed by atoms with E-state index in [1.807, 2.05) is 30.8 Å². The van der Waals surface area contributed by atoms with E-state index in [0.29, 0.717) is 36.7 Å². The van der Waals surface area contributed by atoms with Crippen LogP contribution in [0.25, 0.3) is 11.0 Å². The van der Waals surface area contributed by atoms with Gasteiger partial charge in [-0.05, 0) is 39.2 Å². The van der Waals surface area contributed by atoms with Gasteiger partial charge in [-0.3, -0.25) is 9.58 Å². The van der Waals surface area contributed by atoms with Crippen molar-refractivity contribution in [3.63, 3.8) is 0 Å². The van der Waals surface area contributed by atoms with Gasteiger partial charge in [-0.2, -0.15) is 15.1 Å². The molecule has 0 radical (unpaired) electrons. The zero-order valence-electron chi connectivity index (χ0n) is 17.4. The predicted molar refractivity (Wildman–Crippen MR) is 113 cm³/mol. The van der Waals surface area contributed by atoms with E-state index in [1.165, 1.54) is 19.3 Å². The van der Waals surface area contributed by atoms with E-state index in [9.17, 15) is 0 Å². The zero-order valence-corrected chi connectivity index (χ0v) is 17.4. The van der Waals surface area contributed by atoms with Gasteiger partial charge < -0.3 is 15.0 Å². The molecular formula is C21H28FN7O. The second kappa shape index (κ2) is 7.86. The van der Waals surface area contributed by atoms with Gasteiger partial charge in [-0.25, -0.2) is 4.39 Å².